The first-order valence-electron chi connectivity index (χ1n) is 6.21. The summed E-state index contributed by atoms with van der Waals surface area (Å²) in [5, 5.41) is 11.1. The van der Waals surface area contributed by atoms with E-state index in [1.54, 1.807) is 0 Å². The zero-order valence-corrected chi connectivity index (χ0v) is 13.4. The SMILES string of the molecule is COc1cc(OC)c(C(=O)CCCCBr)c(O)c1OC. The van der Waals surface area contributed by atoms with Gasteiger partial charge in [0.1, 0.15) is 11.3 Å². The zero-order chi connectivity index (χ0) is 15.1. The monoisotopic (exact) mass is 346 g/mol. The molecule has 0 aliphatic rings. The number of halogens is 1. The molecule has 0 spiro atoms. The number of benzene rings is 1. The lowest BCUT2D eigenvalue weighted by atomic mass is 10.0. The Labute approximate surface area is 127 Å². The predicted octanol–water partition coefficient (Wildman–Crippen LogP) is 3.17. The third kappa shape index (κ3) is 3.56. The van der Waals surface area contributed by atoms with E-state index < -0.39 is 0 Å². The van der Waals surface area contributed by atoms with Crippen LogP contribution in [0.25, 0.3) is 0 Å². The Morgan fingerprint density at radius 3 is 2.30 bits per heavy atom. The molecule has 0 saturated carbocycles. The number of aromatic hydroxyl groups is 1. The number of ether oxygens (including phenoxy) is 3. The molecule has 0 amide bonds. The molecule has 0 heterocycles. The highest BCUT2D eigenvalue weighted by Gasteiger charge is 2.24. The highest BCUT2D eigenvalue weighted by Crippen LogP contribution is 2.44. The minimum absolute atomic E-state index is 0.136. The Morgan fingerprint density at radius 2 is 1.80 bits per heavy atom. The number of carbonyl (C=O) groups is 1. The number of hydrogen-bond acceptors (Lipinski definition) is 5. The highest BCUT2D eigenvalue weighted by molar-refractivity contribution is 9.09. The number of carbonyl (C=O) groups excluding carboxylic acids is 1. The molecule has 1 rings (SSSR count). The van der Waals surface area contributed by atoms with E-state index in [1.165, 1.54) is 27.4 Å². The van der Waals surface area contributed by atoms with Crippen molar-refractivity contribution in [3.05, 3.63) is 11.6 Å². The first-order valence-corrected chi connectivity index (χ1v) is 7.33. The molecule has 1 N–H and O–H groups in total. The van der Waals surface area contributed by atoms with Gasteiger partial charge in [0.2, 0.25) is 5.75 Å². The lowest BCUT2D eigenvalue weighted by Gasteiger charge is -2.15. The second-order valence-corrected chi connectivity index (χ2v) is 4.90. The van der Waals surface area contributed by atoms with Crippen molar-refractivity contribution in [3.8, 4) is 23.0 Å². The molecule has 0 bridgehead atoms. The Morgan fingerprint density at radius 1 is 1.15 bits per heavy atom. The van der Waals surface area contributed by atoms with Crippen LogP contribution in [0.4, 0.5) is 0 Å². The summed E-state index contributed by atoms with van der Waals surface area (Å²) in [7, 11) is 4.30. The molecule has 0 radical (unpaired) electrons. The Bertz CT molecular complexity index is 473. The fourth-order valence-electron chi connectivity index (χ4n) is 1.89. The highest BCUT2D eigenvalue weighted by atomic mass is 79.9. The summed E-state index contributed by atoms with van der Waals surface area (Å²) in [6, 6.07) is 1.54. The smallest absolute Gasteiger partial charge is 0.204 e. The Balaban J connectivity index is 3.19. The van der Waals surface area contributed by atoms with Crippen LogP contribution in [0.5, 0.6) is 23.0 Å². The van der Waals surface area contributed by atoms with Crippen LogP contribution in [-0.2, 0) is 0 Å². The van der Waals surface area contributed by atoms with E-state index in [0.717, 1.165) is 18.2 Å². The van der Waals surface area contributed by atoms with Crippen molar-refractivity contribution in [1.82, 2.24) is 0 Å². The average Bonchev–Trinajstić information content (AvgIpc) is 2.45. The van der Waals surface area contributed by atoms with Crippen molar-refractivity contribution in [2.75, 3.05) is 26.7 Å². The Hall–Kier alpha value is -1.43. The van der Waals surface area contributed by atoms with Crippen LogP contribution in [0.15, 0.2) is 6.07 Å². The van der Waals surface area contributed by atoms with Gasteiger partial charge in [0.15, 0.2) is 17.3 Å². The number of phenols is 1. The molecular formula is C14H19BrO5. The van der Waals surface area contributed by atoms with Crippen molar-refractivity contribution < 1.29 is 24.1 Å². The molecule has 112 valence electrons. The molecule has 5 nitrogen and oxygen atoms in total. The van der Waals surface area contributed by atoms with Crippen molar-refractivity contribution in [3.63, 3.8) is 0 Å². The van der Waals surface area contributed by atoms with E-state index in [-0.39, 0.29) is 28.6 Å². The standard InChI is InChI=1S/C14H19BrO5/c1-18-10-8-11(19-2)14(20-3)13(17)12(10)9(16)6-4-5-7-15/h8,17H,4-7H2,1-3H3. The summed E-state index contributed by atoms with van der Waals surface area (Å²) in [5.41, 5.74) is 0.139. The molecular weight excluding hydrogens is 328 g/mol. The van der Waals surface area contributed by atoms with Crippen LogP contribution in [0.1, 0.15) is 29.6 Å². The number of alkyl halides is 1. The summed E-state index contributed by atoms with van der Waals surface area (Å²) in [4.78, 5) is 12.2. The summed E-state index contributed by atoms with van der Waals surface area (Å²) >= 11 is 3.32. The molecule has 0 aliphatic heterocycles. The van der Waals surface area contributed by atoms with Crippen molar-refractivity contribution in [1.29, 1.82) is 0 Å². The van der Waals surface area contributed by atoms with Gasteiger partial charge in [-0.15, -0.1) is 0 Å². The molecule has 0 atom stereocenters. The van der Waals surface area contributed by atoms with E-state index in [2.05, 4.69) is 15.9 Å². The number of rotatable bonds is 8. The van der Waals surface area contributed by atoms with Gasteiger partial charge in [0, 0.05) is 17.8 Å². The van der Waals surface area contributed by atoms with Crippen LogP contribution in [0.3, 0.4) is 0 Å². The van der Waals surface area contributed by atoms with Gasteiger partial charge in [-0.1, -0.05) is 15.9 Å². The molecule has 1 aromatic rings. The molecule has 0 fully saturated rings. The van der Waals surface area contributed by atoms with Crippen LogP contribution in [-0.4, -0.2) is 37.5 Å². The van der Waals surface area contributed by atoms with Gasteiger partial charge in [-0.2, -0.15) is 0 Å². The number of hydrogen-bond donors (Lipinski definition) is 1. The lowest BCUT2D eigenvalue weighted by molar-refractivity contribution is 0.0973. The number of unbranched alkanes of at least 4 members (excludes halogenated alkanes) is 1. The predicted molar refractivity (Wildman–Crippen MR) is 79.7 cm³/mol. The molecule has 1 aromatic carbocycles. The van der Waals surface area contributed by atoms with Gasteiger partial charge in [-0.05, 0) is 12.8 Å². The van der Waals surface area contributed by atoms with Gasteiger partial charge >= 0.3 is 0 Å². The molecule has 0 unspecified atom stereocenters. The summed E-state index contributed by atoms with van der Waals surface area (Å²) in [6.07, 6.45) is 1.97. The van der Waals surface area contributed by atoms with Crippen molar-refractivity contribution in [2.24, 2.45) is 0 Å². The van der Waals surface area contributed by atoms with E-state index in [1.807, 2.05) is 0 Å². The number of methoxy groups -OCH3 is 3. The summed E-state index contributed by atoms with van der Waals surface area (Å²) in [5.74, 6) is 0.314. The van der Waals surface area contributed by atoms with Crippen molar-refractivity contribution >= 4 is 21.7 Å². The van der Waals surface area contributed by atoms with Crippen molar-refractivity contribution in [2.45, 2.75) is 19.3 Å². The molecule has 20 heavy (non-hydrogen) atoms. The molecule has 6 heteroatoms. The third-order valence-corrected chi connectivity index (χ3v) is 3.46. The molecule has 0 aromatic heterocycles. The van der Waals surface area contributed by atoms with Crippen LogP contribution < -0.4 is 14.2 Å². The van der Waals surface area contributed by atoms with Crippen LogP contribution in [0.2, 0.25) is 0 Å². The lowest BCUT2D eigenvalue weighted by Crippen LogP contribution is -2.05. The second kappa shape index (κ2) is 7.99. The maximum Gasteiger partial charge on any atom is 0.204 e. The second-order valence-electron chi connectivity index (χ2n) is 4.11. The first-order chi connectivity index (χ1) is 9.60. The fourth-order valence-corrected chi connectivity index (χ4v) is 2.28. The quantitative estimate of drug-likeness (QED) is 0.445. The van der Waals surface area contributed by atoms with Gasteiger partial charge in [-0.25, -0.2) is 0 Å². The number of phenolic OH excluding ortho intramolecular Hbond substituents is 1. The van der Waals surface area contributed by atoms with E-state index in [9.17, 15) is 9.90 Å². The maximum absolute atomic E-state index is 12.2. The van der Waals surface area contributed by atoms with Gasteiger partial charge in [0.25, 0.3) is 0 Å². The minimum Gasteiger partial charge on any atom is -0.504 e. The van der Waals surface area contributed by atoms with E-state index >= 15 is 0 Å². The third-order valence-electron chi connectivity index (χ3n) is 2.89. The number of ketones is 1. The van der Waals surface area contributed by atoms with Crippen LogP contribution >= 0.6 is 15.9 Å². The van der Waals surface area contributed by atoms with Gasteiger partial charge in [0.05, 0.1) is 21.3 Å². The summed E-state index contributed by atoms with van der Waals surface area (Å²) < 4.78 is 15.4. The van der Waals surface area contributed by atoms with E-state index in [0.29, 0.717) is 12.2 Å². The normalized spacial score (nSPS) is 10.2. The van der Waals surface area contributed by atoms with Gasteiger partial charge < -0.3 is 19.3 Å². The first kappa shape index (κ1) is 16.6. The molecule has 0 saturated heterocycles. The minimum atomic E-state index is -0.243. The van der Waals surface area contributed by atoms with Crippen LogP contribution in [0, 0.1) is 0 Å². The maximum atomic E-state index is 12.2. The Kier molecular flexibility index (Phi) is 6.64. The van der Waals surface area contributed by atoms with Gasteiger partial charge in [-0.3, -0.25) is 4.79 Å². The number of Topliss-reactive ketones (excluding diaryl/α,β-unsaturated/α-hetero) is 1. The summed E-state index contributed by atoms with van der Waals surface area (Å²) in [6.45, 7) is 0. The zero-order valence-electron chi connectivity index (χ0n) is 11.9. The topological polar surface area (TPSA) is 65.0 Å². The fraction of sp³-hybridized carbons (Fsp3) is 0.500. The largest absolute Gasteiger partial charge is 0.504 e. The molecule has 0 aliphatic carbocycles. The van der Waals surface area contributed by atoms with E-state index in [4.69, 9.17) is 14.2 Å². The average molecular weight is 347 g/mol.